The number of hydrogen-bond donors (Lipinski definition) is 0. The second-order valence-corrected chi connectivity index (χ2v) is 6.31. The van der Waals surface area contributed by atoms with Gasteiger partial charge in [0.15, 0.2) is 18.2 Å². The van der Waals surface area contributed by atoms with E-state index in [0.717, 1.165) is 12.1 Å². The molecular weight excluding hydrogens is 368 g/mol. The summed E-state index contributed by atoms with van der Waals surface area (Å²) >= 11 is 0. The van der Waals surface area contributed by atoms with Gasteiger partial charge in [-0.05, 0) is 48.9 Å². The molecule has 6 nitrogen and oxygen atoms in total. The second-order valence-electron chi connectivity index (χ2n) is 6.31. The molecule has 1 aromatic heterocycles. The first-order valence-corrected chi connectivity index (χ1v) is 8.59. The number of rotatable bonds is 6. The van der Waals surface area contributed by atoms with Crippen LogP contribution < -0.4 is 4.74 Å². The van der Waals surface area contributed by atoms with E-state index in [1.807, 2.05) is 0 Å². The standard InChI is InChI=1S/C20H19F2N3O3/c1-12(15-6-9-17(21)18(22)10-15)25(3)20(26)14-4-7-16(8-5-14)27-11-19-23-13(2)28-24-19/h4-10,12H,11H2,1-3H3. The highest BCUT2D eigenvalue weighted by molar-refractivity contribution is 5.94. The molecule has 0 aliphatic heterocycles. The van der Waals surface area contributed by atoms with E-state index in [9.17, 15) is 13.6 Å². The van der Waals surface area contributed by atoms with Crippen molar-refractivity contribution >= 4 is 5.91 Å². The minimum atomic E-state index is -0.941. The molecule has 2 aromatic carbocycles. The summed E-state index contributed by atoms with van der Waals surface area (Å²) in [5, 5.41) is 3.74. The maximum atomic E-state index is 13.5. The highest BCUT2D eigenvalue weighted by Gasteiger charge is 2.20. The van der Waals surface area contributed by atoms with Gasteiger partial charge in [-0.2, -0.15) is 4.98 Å². The molecule has 3 rings (SSSR count). The smallest absolute Gasteiger partial charge is 0.254 e. The number of aryl methyl sites for hydroxylation is 1. The van der Waals surface area contributed by atoms with Crippen LogP contribution in [0.2, 0.25) is 0 Å². The summed E-state index contributed by atoms with van der Waals surface area (Å²) in [6.45, 7) is 3.58. The molecule has 1 unspecified atom stereocenters. The minimum Gasteiger partial charge on any atom is -0.485 e. The Morgan fingerprint density at radius 3 is 2.50 bits per heavy atom. The highest BCUT2D eigenvalue weighted by Crippen LogP contribution is 2.23. The molecule has 146 valence electrons. The lowest BCUT2D eigenvalue weighted by Gasteiger charge is -2.25. The van der Waals surface area contributed by atoms with Crippen LogP contribution in [0.25, 0.3) is 0 Å². The van der Waals surface area contributed by atoms with E-state index in [1.165, 1.54) is 11.0 Å². The van der Waals surface area contributed by atoms with E-state index in [0.29, 0.717) is 28.6 Å². The van der Waals surface area contributed by atoms with Crippen LogP contribution in [0.15, 0.2) is 47.0 Å². The first-order chi connectivity index (χ1) is 13.3. The predicted octanol–water partition coefficient (Wildman–Crippen LogP) is 4.07. The molecule has 1 atom stereocenters. The van der Waals surface area contributed by atoms with Crippen molar-refractivity contribution in [2.45, 2.75) is 26.5 Å². The molecule has 0 N–H and O–H groups in total. The fourth-order valence-electron chi connectivity index (χ4n) is 2.62. The lowest BCUT2D eigenvalue weighted by Crippen LogP contribution is -2.29. The van der Waals surface area contributed by atoms with Crippen molar-refractivity contribution in [3.63, 3.8) is 0 Å². The second kappa shape index (κ2) is 8.16. The van der Waals surface area contributed by atoms with E-state index in [4.69, 9.17) is 9.26 Å². The molecule has 1 heterocycles. The number of aromatic nitrogens is 2. The average Bonchev–Trinajstić information content (AvgIpc) is 3.12. The van der Waals surface area contributed by atoms with Crippen molar-refractivity contribution in [3.8, 4) is 5.75 Å². The van der Waals surface area contributed by atoms with Crippen LogP contribution in [0, 0.1) is 18.6 Å². The molecule has 3 aromatic rings. The lowest BCUT2D eigenvalue weighted by atomic mass is 10.1. The molecule has 0 bridgehead atoms. The summed E-state index contributed by atoms with van der Waals surface area (Å²) in [5.74, 6) is -0.677. The Kier molecular flexibility index (Phi) is 5.67. The van der Waals surface area contributed by atoms with Crippen LogP contribution in [0.1, 0.15) is 40.6 Å². The Balaban J connectivity index is 1.65. The van der Waals surface area contributed by atoms with Gasteiger partial charge in [-0.25, -0.2) is 8.78 Å². The molecule has 0 saturated heterocycles. The van der Waals surface area contributed by atoms with Crippen molar-refractivity contribution in [2.24, 2.45) is 0 Å². The Labute approximate surface area is 160 Å². The van der Waals surface area contributed by atoms with Gasteiger partial charge in [-0.3, -0.25) is 4.79 Å². The first kappa shape index (κ1) is 19.5. The van der Waals surface area contributed by atoms with Crippen molar-refractivity contribution in [2.75, 3.05) is 7.05 Å². The number of halogens is 2. The van der Waals surface area contributed by atoms with Crippen LogP contribution in [-0.2, 0) is 6.61 Å². The zero-order valence-electron chi connectivity index (χ0n) is 15.6. The Bertz CT molecular complexity index is 973. The van der Waals surface area contributed by atoms with Gasteiger partial charge in [-0.1, -0.05) is 11.2 Å². The van der Waals surface area contributed by atoms with Crippen molar-refractivity contribution in [3.05, 3.63) is 76.9 Å². The monoisotopic (exact) mass is 387 g/mol. The number of carbonyl (C=O) groups is 1. The highest BCUT2D eigenvalue weighted by atomic mass is 19.2. The zero-order valence-corrected chi connectivity index (χ0v) is 15.6. The first-order valence-electron chi connectivity index (χ1n) is 8.59. The van der Waals surface area contributed by atoms with Gasteiger partial charge in [0.25, 0.3) is 5.91 Å². The molecule has 8 heteroatoms. The van der Waals surface area contributed by atoms with Gasteiger partial charge in [-0.15, -0.1) is 0 Å². The molecule has 0 radical (unpaired) electrons. The fourth-order valence-corrected chi connectivity index (χ4v) is 2.62. The maximum absolute atomic E-state index is 13.5. The van der Waals surface area contributed by atoms with Crippen molar-refractivity contribution in [1.29, 1.82) is 0 Å². The Hall–Kier alpha value is -3.29. The normalized spacial score (nSPS) is 11.9. The molecule has 0 saturated carbocycles. The molecule has 0 aliphatic carbocycles. The van der Waals surface area contributed by atoms with Gasteiger partial charge in [0.1, 0.15) is 5.75 Å². The van der Waals surface area contributed by atoms with Crippen molar-refractivity contribution < 1.29 is 22.8 Å². The van der Waals surface area contributed by atoms with Gasteiger partial charge in [0.2, 0.25) is 11.7 Å². The van der Waals surface area contributed by atoms with Crippen LogP contribution in [0.3, 0.4) is 0 Å². The van der Waals surface area contributed by atoms with Crippen LogP contribution in [-0.4, -0.2) is 28.0 Å². The number of carbonyl (C=O) groups excluding carboxylic acids is 1. The third kappa shape index (κ3) is 4.33. The van der Waals surface area contributed by atoms with Crippen LogP contribution in [0.4, 0.5) is 8.78 Å². The average molecular weight is 387 g/mol. The van der Waals surface area contributed by atoms with E-state index in [-0.39, 0.29) is 12.5 Å². The molecule has 0 aliphatic rings. The summed E-state index contributed by atoms with van der Waals surface area (Å²) in [5.41, 5.74) is 0.949. The van der Waals surface area contributed by atoms with Gasteiger partial charge >= 0.3 is 0 Å². The topological polar surface area (TPSA) is 68.5 Å². The minimum absolute atomic E-state index is 0.150. The van der Waals surface area contributed by atoms with Crippen LogP contribution in [0.5, 0.6) is 5.75 Å². The van der Waals surface area contributed by atoms with E-state index in [2.05, 4.69) is 10.1 Å². The van der Waals surface area contributed by atoms with Gasteiger partial charge in [0, 0.05) is 19.5 Å². The molecule has 28 heavy (non-hydrogen) atoms. The van der Waals surface area contributed by atoms with Crippen LogP contribution >= 0.6 is 0 Å². The summed E-state index contributed by atoms with van der Waals surface area (Å²) in [7, 11) is 1.61. The summed E-state index contributed by atoms with van der Waals surface area (Å²) in [4.78, 5) is 18.2. The van der Waals surface area contributed by atoms with Gasteiger partial charge in [0.05, 0.1) is 6.04 Å². The zero-order chi connectivity index (χ0) is 20.3. The molecule has 1 amide bonds. The Morgan fingerprint density at radius 1 is 1.18 bits per heavy atom. The molecule has 0 spiro atoms. The third-order valence-corrected chi connectivity index (χ3v) is 4.37. The van der Waals surface area contributed by atoms with E-state index >= 15 is 0 Å². The number of ether oxygens (including phenoxy) is 1. The number of nitrogens with zero attached hydrogens (tertiary/aromatic N) is 3. The molecule has 0 fully saturated rings. The predicted molar refractivity (Wildman–Crippen MR) is 96.7 cm³/mol. The maximum Gasteiger partial charge on any atom is 0.254 e. The van der Waals surface area contributed by atoms with Crippen molar-refractivity contribution in [1.82, 2.24) is 15.0 Å². The van der Waals surface area contributed by atoms with E-state index in [1.54, 1.807) is 45.2 Å². The van der Waals surface area contributed by atoms with E-state index < -0.39 is 17.7 Å². The summed E-state index contributed by atoms with van der Waals surface area (Å²) < 4.78 is 37.0. The number of benzene rings is 2. The Morgan fingerprint density at radius 2 is 1.89 bits per heavy atom. The molecular formula is C20H19F2N3O3. The SMILES string of the molecule is Cc1nc(COc2ccc(C(=O)N(C)C(C)c3ccc(F)c(F)c3)cc2)no1. The largest absolute Gasteiger partial charge is 0.485 e. The number of hydrogen-bond acceptors (Lipinski definition) is 5. The summed E-state index contributed by atoms with van der Waals surface area (Å²) in [6, 6.07) is 9.77. The lowest BCUT2D eigenvalue weighted by molar-refractivity contribution is 0.0742. The fraction of sp³-hybridized carbons (Fsp3) is 0.250. The third-order valence-electron chi connectivity index (χ3n) is 4.37. The quantitative estimate of drug-likeness (QED) is 0.638. The summed E-state index contributed by atoms with van der Waals surface area (Å²) in [6.07, 6.45) is 0. The van der Waals surface area contributed by atoms with Gasteiger partial charge < -0.3 is 14.2 Å². The number of amides is 1.